The zero-order valence-corrected chi connectivity index (χ0v) is 20.7. The van der Waals surface area contributed by atoms with Crippen LogP contribution in [-0.2, 0) is 16.7 Å². The van der Waals surface area contributed by atoms with E-state index >= 15 is 0 Å². The summed E-state index contributed by atoms with van der Waals surface area (Å²) in [6.45, 7) is 4.11. The van der Waals surface area contributed by atoms with Crippen LogP contribution in [0.3, 0.4) is 0 Å². The molecule has 2 atom stereocenters. The molecule has 2 aliphatic rings. The summed E-state index contributed by atoms with van der Waals surface area (Å²) < 4.78 is 49.0. The van der Waals surface area contributed by atoms with Gasteiger partial charge in [0.2, 0.25) is 5.88 Å². The number of halogens is 2. The summed E-state index contributed by atoms with van der Waals surface area (Å²) in [6, 6.07) is 16.3. The lowest BCUT2D eigenvalue weighted by Crippen LogP contribution is -2.09. The van der Waals surface area contributed by atoms with E-state index in [1.165, 1.54) is 23.8 Å². The highest BCUT2D eigenvalue weighted by Gasteiger charge is 2.32. The Morgan fingerprint density at radius 2 is 1.91 bits per heavy atom. The van der Waals surface area contributed by atoms with Crippen molar-refractivity contribution >= 4 is 27.3 Å². The number of rotatable bonds is 5. The normalized spacial score (nSPS) is 18.9. The topological polar surface area (TPSA) is 88.5 Å². The van der Waals surface area contributed by atoms with Gasteiger partial charge in [-0.25, -0.2) is 9.37 Å². The van der Waals surface area contributed by atoms with Crippen molar-refractivity contribution in [3.05, 3.63) is 94.4 Å². The van der Waals surface area contributed by atoms with Gasteiger partial charge in [0.1, 0.15) is 12.4 Å². The predicted molar refractivity (Wildman–Crippen MR) is 133 cm³/mol. The van der Waals surface area contributed by atoms with Gasteiger partial charge in [0.05, 0.1) is 10.6 Å². The second-order valence-corrected chi connectivity index (χ2v) is 10.5. The van der Waals surface area contributed by atoms with Crippen molar-refractivity contribution in [1.29, 1.82) is 0 Å². The van der Waals surface area contributed by atoms with Crippen LogP contribution in [0.25, 0.3) is 5.57 Å². The van der Waals surface area contributed by atoms with Gasteiger partial charge in [0.25, 0.3) is 10.1 Å². The number of hydrogen-bond donors (Lipinski definition) is 2. The molecule has 1 aliphatic heterocycles. The standard InChI is InChI=1S/C19H18ClFN2O.C7H8O3S/c20-16-5-4-12(17(21)8-16)11-24-19-3-1-2-18(23-19)13-6-14-9-22-10-15(14)7-13;1-6-2-4-7(5-3-6)11(8,9)10/h1-6,8,14-15,22H,7,9-11H2;2-5H,1H3,(H,8,9,10). The third kappa shape index (κ3) is 6.67. The summed E-state index contributed by atoms with van der Waals surface area (Å²) in [6.07, 6.45) is 3.38. The summed E-state index contributed by atoms with van der Waals surface area (Å²) in [5.74, 6) is 1.46. The molecule has 9 heteroatoms. The number of nitrogens with one attached hydrogen (secondary N) is 1. The number of nitrogens with zero attached hydrogens (tertiary/aromatic N) is 1. The summed E-state index contributed by atoms with van der Waals surface area (Å²) in [5.41, 5.74) is 3.66. The Morgan fingerprint density at radius 3 is 2.60 bits per heavy atom. The Labute approximate surface area is 209 Å². The van der Waals surface area contributed by atoms with Gasteiger partial charge < -0.3 is 10.1 Å². The molecule has 0 amide bonds. The highest BCUT2D eigenvalue weighted by atomic mass is 35.5. The first-order valence-corrected chi connectivity index (χ1v) is 13.0. The number of hydrogen-bond acceptors (Lipinski definition) is 5. The third-order valence-electron chi connectivity index (χ3n) is 6.05. The minimum atomic E-state index is -4.02. The highest BCUT2D eigenvalue weighted by molar-refractivity contribution is 7.85. The molecule has 2 aromatic carbocycles. The molecule has 1 aliphatic carbocycles. The van der Waals surface area contributed by atoms with E-state index in [-0.39, 0.29) is 17.3 Å². The minimum Gasteiger partial charge on any atom is -0.473 e. The summed E-state index contributed by atoms with van der Waals surface area (Å²) >= 11 is 5.76. The largest absolute Gasteiger partial charge is 0.473 e. The molecule has 5 rings (SSSR count). The zero-order chi connectivity index (χ0) is 25.0. The van der Waals surface area contributed by atoms with E-state index in [0.29, 0.717) is 28.3 Å². The van der Waals surface area contributed by atoms with Crippen LogP contribution in [0.5, 0.6) is 5.88 Å². The number of aromatic nitrogens is 1. The number of pyridine rings is 1. The van der Waals surface area contributed by atoms with Crippen molar-refractivity contribution in [1.82, 2.24) is 10.3 Å². The van der Waals surface area contributed by atoms with Crippen LogP contribution in [-0.4, -0.2) is 31.0 Å². The monoisotopic (exact) mass is 516 g/mol. The summed E-state index contributed by atoms with van der Waals surface area (Å²) in [7, 11) is -4.02. The van der Waals surface area contributed by atoms with Crippen LogP contribution >= 0.6 is 11.6 Å². The Kier molecular flexibility index (Phi) is 7.86. The van der Waals surface area contributed by atoms with E-state index in [1.807, 2.05) is 19.1 Å². The molecule has 0 bridgehead atoms. The van der Waals surface area contributed by atoms with Crippen LogP contribution in [0.1, 0.15) is 23.2 Å². The number of benzene rings is 2. The predicted octanol–water partition coefficient (Wildman–Crippen LogP) is 5.32. The van der Waals surface area contributed by atoms with E-state index in [1.54, 1.807) is 30.3 Å². The molecule has 1 fully saturated rings. The van der Waals surface area contributed by atoms with Gasteiger partial charge in [-0.2, -0.15) is 8.42 Å². The molecule has 1 aromatic heterocycles. The fraction of sp³-hybridized carbons (Fsp3) is 0.269. The molecule has 1 saturated heterocycles. The molecule has 2 unspecified atom stereocenters. The smallest absolute Gasteiger partial charge is 0.294 e. The Morgan fingerprint density at radius 1 is 1.14 bits per heavy atom. The molecule has 3 aromatic rings. The third-order valence-corrected chi connectivity index (χ3v) is 7.15. The minimum absolute atomic E-state index is 0.0666. The number of allylic oxidation sites excluding steroid dienone is 1. The van der Waals surface area contributed by atoms with Crippen LogP contribution in [0.2, 0.25) is 5.02 Å². The second kappa shape index (κ2) is 10.9. The summed E-state index contributed by atoms with van der Waals surface area (Å²) in [5, 5.41) is 3.80. The number of ether oxygens (including phenoxy) is 1. The Hall–Kier alpha value is -2.78. The van der Waals surface area contributed by atoms with Crippen LogP contribution in [0.4, 0.5) is 4.39 Å². The molecule has 0 spiro atoms. The first kappa shape index (κ1) is 25.3. The fourth-order valence-electron chi connectivity index (χ4n) is 4.15. The maximum Gasteiger partial charge on any atom is 0.294 e. The first-order chi connectivity index (χ1) is 16.7. The molecule has 2 heterocycles. The van der Waals surface area contributed by atoms with Crippen molar-refractivity contribution in [3.63, 3.8) is 0 Å². The first-order valence-electron chi connectivity index (χ1n) is 11.2. The van der Waals surface area contributed by atoms with E-state index in [2.05, 4.69) is 16.4 Å². The van der Waals surface area contributed by atoms with Crippen molar-refractivity contribution in [2.24, 2.45) is 11.8 Å². The zero-order valence-electron chi connectivity index (χ0n) is 19.1. The van der Waals surface area contributed by atoms with E-state index in [4.69, 9.17) is 20.9 Å². The number of aryl methyl sites for hydroxylation is 1. The quantitative estimate of drug-likeness (QED) is 0.446. The van der Waals surface area contributed by atoms with Crippen molar-refractivity contribution < 1.29 is 22.1 Å². The Balaban J connectivity index is 0.000000221. The molecular weight excluding hydrogens is 491 g/mol. The van der Waals surface area contributed by atoms with E-state index < -0.39 is 10.1 Å². The highest BCUT2D eigenvalue weighted by Crippen LogP contribution is 2.37. The average molecular weight is 517 g/mol. The van der Waals surface area contributed by atoms with Crippen molar-refractivity contribution in [2.45, 2.75) is 24.8 Å². The molecule has 2 N–H and O–H groups in total. The van der Waals surface area contributed by atoms with Gasteiger partial charge in [-0.15, -0.1) is 0 Å². The van der Waals surface area contributed by atoms with Crippen LogP contribution in [0.15, 0.2) is 71.6 Å². The molecule has 6 nitrogen and oxygen atoms in total. The number of fused-ring (bicyclic) bond motifs is 1. The Bertz CT molecular complexity index is 1330. The van der Waals surface area contributed by atoms with Crippen LogP contribution in [0, 0.1) is 24.6 Å². The van der Waals surface area contributed by atoms with E-state index in [9.17, 15) is 12.8 Å². The lowest BCUT2D eigenvalue weighted by molar-refractivity contribution is 0.288. The van der Waals surface area contributed by atoms with Gasteiger partial charge in [-0.1, -0.05) is 47.5 Å². The molecule has 0 radical (unpaired) electrons. The molecule has 35 heavy (non-hydrogen) atoms. The van der Waals surface area contributed by atoms with Gasteiger partial charge >= 0.3 is 0 Å². The second-order valence-electron chi connectivity index (χ2n) is 8.65. The lowest BCUT2D eigenvalue weighted by Gasteiger charge is -2.09. The summed E-state index contributed by atoms with van der Waals surface area (Å²) in [4.78, 5) is 4.52. The SMILES string of the molecule is Cc1ccc(S(=O)(=O)O)cc1.Fc1cc(Cl)ccc1COc1cccc(C2=CC3CNCC3C2)n1. The molecular formula is C26H26ClFN2O4S. The average Bonchev–Trinajstić information content (AvgIpc) is 3.42. The maximum atomic E-state index is 13.8. The van der Waals surface area contributed by atoms with Crippen molar-refractivity contribution in [2.75, 3.05) is 13.1 Å². The lowest BCUT2D eigenvalue weighted by atomic mass is 9.99. The molecule has 0 saturated carbocycles. The molecule has 184 valence electrons. The van der Waals surface area contributed by atoms with Gasteiger partial charge in [-0.3, -0.25) is 4.55 Å². The van der Waals surface area contributed by atoms with Gasteiger partial charge in [-0.05, 0) is 67.6 Å². The van der Waals surface area contributed by atoms with E-state index in [0.717, 1.165) is 30.8 Å². The van der Waals surface area contributed by atoms with Crippen molar-refractivity contribution in [3.8, 4) is 5.88 Å². The van der Waals surface area contributed by atoms with Crippen LogP contribution < -0.4 is 10.1 Å². The fourth-order valence-corrected chi connectivity index (χ4v) is 4.78. The maximum absolute atomic E-state index is 13.8. The van der Waals surface area contributed by atoms with Gasteiger partial charge in [0, 0.05) is 23.2 Å². The van der Waals surface area contributed by atoms with Gasteiger partial charge in [0.15, 0.2) is 0 Å².